The van der Waals surface area contributed by atoms with Crippen LogP contribution < -0.4 is 5.73 Å². The number of nitrogens with two attached hydrogens (primary N) is 1. The lowest BCUT2D eigenvalue weighted by molar-refractivity contribution is 0.782. The molecule has 0 atom stereocenters. The Labute approximate surface area is 96.1 Å². The summed E-state index contributed by atoms with van der Waals surface area (Å²) in [6.45, 7) is 4.08. The molecule has 2 aromatic heterocycles. The zero-order valence-electron chi connectivity index (χ0n) is 8.31. The van der Waals surface area contributed by atoms with Crippen molar-refractivity contribution in [3.8, 4) is 5.13 Å². The van der Waals surface area contributed by atoms with Gasteiger partial charge >= 0.3 is 0 Å². The van der Waals surface area contributed by atoms with Crippen molar-refractivity contribution in [1.29, 1.82) is 0 Å². The Morgan fingerprint density at radius 1 is 1.53 bits per heavy atom. The molecule has 0 aromatic carbocycles. The lowest BCUT2D eigenvalue weighted by Crippen LogP contribution is -1.97. The quantitative estimate of drug-likeness (QED) is 0.877. The number of nitrogen functional groups attached to an aromatic ring is 1. The van der Waals surface area contributed by atoms with E-state index in [-0.39, 0.29) is 0 Å². The number of halogens is 1. The van der Waals surface area contributed by atoms with Crippen LogP contribution in [0.25, 0.3) is 5.13 Å². The molecule has 5 nitrogen and oxygen atoms in total. The fourth-order valence-electron chi connectivity index (χ4n) is 1.02. The summed E-state index contributed by atoms with van der Waals surface area (Å²) in [4.78, 5) is 4.33. The second-order valence-corrected chi connectivity index (χ2v) is 4.53. The maximum Gasteiger partial charge on any atom is 0.230 e. The highest BCUT2D eigenvalue weighted by Gasteiger charge is 2.11. The molecule has 15 heavy (non-hydrogen) atoms. The lowest BCUT2D eigenvalue weighted by atomic mass is 10.2. The average molecular weight is 244 g/mol. The van der Waals surface area contributed by atoms with Gasteiger partial charge in [-0.1, -0.05) is 25.4 Å². The molecule has 2 aromatic rings. The second-order valence-electron chi connectivity index (χ2n) is 3.40. The number of anilines is 1. The summed E-state index contributed by atoms with van der Waals surface area (Å²) in [5.41, 5.74) is 5.54. The minimum Gasteiger partial charge on any atom is -0.381 e. The van der Waals surface area contributed by atoms with E-state index in [1.165, 1.54) is 11.5 Å². The molecular formula is C8H10ClN5S. The van der Waals surface area contributed by atoms with Crippen LogP contribution in [0.3, 0.4) is 0 Å². The van der Waals surface area contributed by atoms with E-state index in [9.17, 15) is 0 Å². The van der Waals surface area contributed by atoms with Crippen molar-refractivity contribution in [2.24, 2.45) is 0 Å². The number of hydrogen-bond acceptors (Lipinski definition) is 5. The highest BCUT2D eigenvalue weighted by atomic mass is 35.5. The second kappa shape index (κ2) is 3.79. The van der Waals surface area contributed by atoms with Crippen molar-refractivity contribution < 1.29 is 0 Å². The molecular weight excluding hydrogens is 234 g/mol. The molecule has 0 spiro atoms. The number of hydrogen-bond donors (Lipinski definition) is 1. The summed E-state index contributed by atoms with van der Waals surface area (Å²) in [5, 5.41) is 5.13. The fraction of sp³-hybridized carbons (Fsp3) is 0.375. The van der Waals surface area contributed by atoms with Crippen molar-refractivity contribution in [3.63, 3.8) is 0 Å². The number of rotatable bonds is 2. The molecule has 0 bridgehead atoms. The first kappa shape index (κ1) is 10.4. The van der Waals surface area contributed by atoms with Crippen LogP contribution in [0.2, 0.25) is 5.02 Å². The van der Waals surface area contributed by atoms with E-state index in [1.807, 2.05) is 13.8 Å². The number of aromatic nitrogens is 4. The third-order valence-corrected chi connectivity index (χ3v) is 2.85. The average Bonchev–Trinajstić information content (AvgIpc) is 2.74. The van der Waals surface area contributed by atoms with Gasteiger partial charge in [0.2, 0.25) is 5.13 Å². The van der Waals surface area contributed by atoms with Gasteiger partial charge < -0.3 is 5.73 Å². The first-order valence-corrected chi connectivity index (χ1v) is 5.57. The van der Waals surface area contributed by atoms with Crippen LogP contribution in [-0.2, 0) is 0 Å². The molecule has 0 saturated carbocycles. The van der Waals surface area contributed by atoms with Crippen LogP contribution in [-0.4, -0.2) is 19.1 Å². The first-order valence-electron chi connectivity index (χ1n) is 4.42. The van der Waals surface area contributed by atoms with E-state index in [4.69, 9.17) is 17.3 Å². The van der Waals surface area contributed by atoms with Crippen LogP contribution in [0.15, 0.2) is 6.20 Å². The minimum absolute atomic E-state index is 0.304. The van der Waals surface area contributed by atoms with Gasteiger partial charge in [-0.15, -0.1) is 5.10 Å². The van der Waals surface area contributed by atoms with Crippen molar-refractivity contribution in [3.05, 3.63) is 17.0 Å². The lowest BCUT2D eigenvalue weighted by Gasteiger charge is -1.94. The molecule has 0 aliphatic rings. The summed E-state index contributed by atoms with van der Waals surface area (Å²) >= 11 is 7.07. The van der Waals surface area contributed by atoms with Crippen molar-refractivity contribution in [2.45, 2.75) is 19.8 Å². The Hall–Kier alpha value is -1.14. The van der Waals surface area contributed by atoms with Gasteiger partial charge in [0, 0.05) is 17.5 Å². The van der Waals surface area contributed by atoms with Crippen LogP contribution >= 0.6 is 23.1 Å². The molecule has 0 amide bonds. The maximum absolute atomic E-state index is 5.80. The zero-order chi connectivity index (χ0) is 11.0. The van der Waals surface area contributed by atoms with Crippen LogP contribution in [0.1, 0.15) is 25.6 Å². The Morgan fingerprint density at radius 2 is 2.27 bits per heavy atom. The van der Waals surface area contributed by atoms with Crippen molar-refractivity contribution in [1.82, 2.24) is 19.1 Å². The van der Waals surface area contributed by atoms with E-state index in [2.05, 4.69) is 14.5 Å². The summed E-state index contributed by atoms with van der Waals surface area (Å²) < 4.78 is 5.76. The predicted molar refractivity (Wildman–Crippen MR) is 60.5 cm³/mol. The Morgan fingerprint density at radius 3 is 2.73 bits per heavy atom. The van der Waals surface area contributed by atoms with E-state index in [0.717, 1.165) is 5.82 Å². The third kappa shape index (κ3) is 1.95. The number of nitrogens with zero attached hydrogens (tertiary/aromatic N) is 4. The Kier molecular flexibility index (Phi) is 2.62. The zero-order valence-corrected chi connectivity index (χ0v) is 9.88. The SMILES string of the molecule is CC(C)c1nsc(-n2cc(Cl)c(N)n2)n1. The first-order chi connectivity index (χ1) is 7.08. The Bertz CT molecular complexity index is 456. The summed E-state index contributed by atoms with van der Waals surface area (Å²) in [5.74, 6) is 1.41. The molecule has 0 aliphatic carbocycles. The van der Waals surface area contributed by atoms with Gasteiger partial charge in [-0.25, -0.2) is 9.67 Å². The van der Waals surface area contributed by atoms with Gasteiger partial charge in [0.25, 0.3) is 0 Å². The summed E-state index contributed by atoms with van der Waals surface area (Å²) in [6, 6.07) is 0. The smallest absolute Gasteiger partial charge is 0.230 e. The van der Waals surface area contributed by atoms with Gasteiger partial charge in [-0.05, 0) is 0 Å². The topological polar surface area (TPSA) is 69.6 Å². The normalized spacial score (nSPS) is 11.2. The molecule has 0 fully saturated rings. The monoisotopic (exact) mass is 243 g/mol. The van der Waals surface area contributed by atoms with Gasteiger partial charge in [-0.2, -0.15) is 4.37 Å². The molecule has 2 N–H and O–H groups in total. The molecule has 7 heteroatoms. The van der Waals surface area contributed by atoms with Crippen LogP contribution in [0.4, 0.5) is 5.82 Å². The molecule has 0 radical (unpaired) electrons. The molecule has 0 aliphatic heterocycles. The summed E-state index contributed by atoms with van der Waals surface area (Å²) in [7, 11) is 0. The largest absolute Gasteiger partial charge is 0.381 e. The minimum atomic E-state index is 0.304. The van der Waals surface area contributed by atoms with E-state index < -0.39 is 0 Å². The van der Waals surface area contributed by atoms with E-state index in [1.54, 1.807) is 10.9 Å². The van der Waals surface area contributed by atoms with Crippen LogP contribution in [0.5, 0.6) is 0 Å². The standard InChI is InChI=1S/C8H10ClN5S/c1-4(2)7-11-8(15-13-7)14-3-5(9)6(10)12-14/h3-4H,1-2H3,(H2,10,12). The molecule has 0 unspecified atom stereocenters. The van der Waals surface area contributed by atoms with Crippen LogP contribution in [0, 0.1) is 0 Å². The summed E-state index contributed by atoms with van der Waals surface area (Å²) in [6.07, 6.45) is 1.63. The van der Waals surface area contributed by atoms with E-state index >= 15 is 0 Å². The highest BCUT2D eigenvalue weighted by molar-refractivity contribution is 7.08. The fourth-order valence-corrected chi connectivity index (χ4v) is 1.89. The third-order valence-electron chi connectivity index (χ3n) is 1.84. The molecule has 0 saturated heterocycles. The van der Waals surface area contributed by atoms with Crippen molar-refractivity contribution >= 4 is 29.0 Å². The predicted octanol–water partition coefficient (Wildman–Crippen LogP) is 2.08. The maximum atomic E-state index is 5.80. The highest BCUT2D eigenvalue weighted by Crippen LogP contribution is 2.21. The van der Waals surface area contributed by atoms with Gasteiger partial charge in [0.15, 0.2) is 5.82 Å². The molecule has 2 rings (SSSR count). The molecule has 2 heterocycles. The molecule has 80 valence electrons. The van der Waals surface area contributed by atoms with E-state index in [0.29, 0.717) is 21.9 Å². The van der Waals surface area contributed by atoms with Gasteiger partial charge in [0.05, 0.1) is 6.20 Å². The van der Waals surface area contributed by atoms with Gasteiger partial charge in [-0.3, -0.25) is 0 Å². The van der Waals surface area contributed by atoms with Crippen molar-refractivity contribution in [2.75, 3.05) is 5.73 Å². The Balaban J connectivity index is 2.37. The van der Waals surface area contributed by atoms with Gasteiger partial charge in [0.1, 0.15) is 10.8 Å².